The highest BCUT2D eigenvalue weighted by Crippen LogP contribution is 2.31. The zero-order chi connectivity index (χ0) is 14.2. The summed E-state index contributed by atoms with van der Waals surface area (Å²) in [6, 6.07) is 5.91. The molecule has 0 N–H and O–H groups in total. The average Bonchev–Trinajstić information content (AvgIpc) is 2.51. The predicted octanol–water partition coefficient (Wildman–Crippen LogP) is 3.60. The van der Waals surface area contributed by atoms with Crippen molar-refractivity contribution in [2.24, 2.45) is 7.05 Å². The minimum Gasteiger partial charge on any atom is -0.406 e. The molecule has 0 unspecified atom stereocenters. The fraction of sp³-hybridized carbons (Fsp3) is 0.308. The first-order chi connectivity index (χ1) is 8.78. The Morgan fingerprint density at radius 2 is 1.89 bits per heavy atom. The number of benzene rings is 1. The van der Waals surface area contributed by atoms with Crippen LogP contribution in [0.2, 0.25) is 0 Å². The summed E-state index contributed by atoms with van der Waals surface area (Å²) in [6.45, 7) is 3.69. The van der Waals surface area contributed by atoms with Gasteiger partial charge in [-0.25, -0.2) is 0 Å². The van der Waals surface area contributed by atoms with Crippen molar-refractivity contribution >= 4 is 0 Å². The molecule has 0 fully saturated rings. The Bertz CT molecular complexity index is 602. The maximum absolute atomic E-state index is 12.2. The molecule has 1 heterocycles. The minimum atomic E-state index is -4.68. The molecule has 0 aliphatic rings. The lowest BCUT2D eigenvalue weighted by atomic mass is 10.0. The third-order valence-electron chi connectivity index (χ3n) is 2.87. The van der Waals surface area contributed by atoms with E-state index in [1.807, 2.05) is 13.8 Å². The zero-order valence-electron chi connectivity index (χ0n) is 10.7. The largest absolute Gasteiger partial charge is 0.573 e. The van der Waals surface area contributed by atoms with E-state index in [0.717, 1.165) is 17.0 Å². The van der Waals surface area contributed by atoms with Gasteiger partial charge in [-0.2, -0.15) is 5.10 Å². The second-order valence-corrected chi connectivity index (χ2v) is 4.25. The highest BCUT2D eigenvalue weighted by Gasteiger charge is 2.31. The Kier molecular flexibility index (Phi) is 3.26. The molecule has 0 radical (unpaired) electrons. The molecule has 19 heavy (non-hydrogen) atoms. The van der Waals surface area contributed by atoms with Gasteiger partial charge in [0.15, 0.2) is 0 Å². The van der Waals surface area contributed by atoms with Gasteiger partial charge < -0.3 is 4.74 Å². The summed E-state index contributed by atoms with van der Waals surface area (Å²) in [6.07, 6.45) is -4.68. The van der Waals surface area contributed by atoms with E-state index < -0.39 is 6.36 Å². The molecule has 0 aliphatic carbocycles. The molecule has 102 valence electrons. The van der Waals surface area contributed by atoms with Crippen LogP contribution in [0, 0.1) is 13.8 Å². The quantitative estimate of drug-likeness (QED) is 0.833. The Morgan fingerprint density at radius 1 is 1.21 bits per heavy atom. The summed E-state index contributed by atoms with van der Waals surface area (Å²) in [5, 5.41) is 4.24. The third kappa shape index (κ3) is 2.89. The third-order valence-corrected chi connectivity index (χ3v) is 2.87. The number of rotatable bonds is 2. The fourth-order valence-electron chi connectivity index (χ4n) is 2.04. The van der Waals surface area contributed by atoms with Gasteiger partial charge in [0.2, 0.25) is 0 Å². The van der Waals surface area contributed by atoms with Crippen LogP contribution in [-0.2, 0) is 7.05 Å². The van der Waals surface area contributed by atoms with Crippen LogP contribution in [0.15, 0.2) is 24.3 Å². The summed E-state index contributed by atoms with van der Waals surface area (Å²) in [4.78, 5) is 0. The van der Waals surface area contributed by atoms with E-state index in [4.69, 9.17) is 0 Å². The maximum Gasteiger partial charge on any atom is 0.573 e. The Hall–Kier alpha value is -1.98. The Morgan fingerprint density at radius 3 is 2.42 bits per heavy atom. The number of aryl methyl sites for hydroxylation is 2. The van der Waals surface area contributed by atoms with Crippen molar-refractivity contribution in [2.45, 2.75) is 20.2 Å². The van der Waals surface area contributed by atoms with Crippen LogP contribution in [0.5, 0.6) is 5.75 Å². The average molecular weight is 270 g/mol. The lowest BCUT2D eigenvalue weighted by Gasteiger charge is -2.10. The van der Waals surface area contributed by atoms with Gasteiger partial charge >= 0.3 is 6.36 Å². The normalized spacial score (nSPS) is 11.7. The number of ether oxygens (including phenoxy) is 1. The van der Waals surface area contributed by atoms with Crippen LogP contribution in [0.25, 0.3) is 11.1 Å². The zero-order valence-corrected chi connectivity index (χ0v) is 10.7. The van der Waals surface area contributed by atoms with Gasteiger partial charge in [0.1, 0.15) is 5.75 Å². The van der Waals surface area contributed by atoms with Crippen LogP contribution in [-0.4, -0.2) is 16.1 Å². The van der Waals surface area contributed by atoms with E-state index in [2.05, 4.69) is 9.84 Å². The Labute approximate surface area is 108 Å². The van der Waals surface area contributed by atoms with Crippen LogP contribution < -0.4 is 4.74 Å². The number of alkyl halides is 3. The number of nitrogens with zero attached hydrogens (tertiary/aromatic N) is 2. The SMILES string of the molecule is Cc1nn(C)c(C)c1-c1cccc(OC(F)(F)F)c1. The summed E-state index contributed by atoms with van der Waals surface area (Å²) in [7, 11) is 1.79. The Balaban J connectivity index is 2.44. The summed E-state index contributed by atoms with van der Waals surface area (Å²) >= 11 is 0. The molecular weight excluding hydrogens is 257 g/mol. The first-order valence-corrected chi connectivity index (χ1v) is 5.64. The second-order valence-electron chi connectivity index (χ2n) is 4.25. The summed E-state index contributed by atoms with van der Waals surface area (Å²) in [5.74, 6) is -0.229. The van der Waals surface area contributed by atoms with Crippen LogP contribution in [0.3, 0.4) is 0 Å². The standard InChI is InChI=1S/C13H13F3N2O/c1-8-12(9(2)18(3)17-8)10-5-4-6-11(7-10)19-13(14,15)16/h4-7H,1-3H3. The number of hydrogen-bond acceptors (Lipinski definition) is 2. The van der Waals surface area contributed by atoms with E-state index in [-0.39, 0.29) is 5.75 Å². The highest BCUT2D eigenvalue weighted by atomic mass is 19.4. The number of halogens is 3. The monoisotopic (exact) mass is 270 g/mol. The molecular formula is C13H13F3N2O. The topological polar surface area (TPSA) is 27.1 Å². The van der Waals surface area contributed by atoms with Crippen molar-refractivity contribution in [3.05, 3.63) is 35.7 Å². The maximum atomic E-state index is 12.2. The minimum absolute atomic E-state index is 0.229. The van der Waals surface area contributed by atoms with Crippen molar-refractivity contribution in [1.82, 2.24) is 9.78 Å². The number of aromatic nitrogens is 2. The van der Waals surface area contributed by atoms with E-state index in [1.54, 1.807) is 17.8 Å². The molecule has 0 saturated heterocycles. The molecule has 0 bridgehead atoms. The summed E-state index contributed by atoms with van der Waals surface area (Å²) < 4.78 is 42.2. The van der Waals surface area contributed by atoms with Gasteiger partial charge in [0.25, 0.3) is 0 Å². The van der Waals surface area contributed by atoms with E-state index in [1.165, 1.54) is 18.2 Å². The van der Waals surface area contributed by atoms with Crippen molar-refractivity contribution in [3.8, 4) is 16.9 Å². The van der Waals surface area contributed by atoms with Crippen molar-refractivity contribution in [2.75, 3.05) is 0 Å². The molecule has 3 nitrogen and oxygen atoms in total. The molecule has 1 aromatic carbocycles. The van der Waals surface area contributed by atoms with Gasteiger partial charge in [-0.05, 0) is 31.5 Å². The van der Waals surface area contributed by atoms with Gasteiger partial charge in [-0.3, -0.25) is 4.68 Å². The van der Waals surface area contributed by atoms with E-state index >= 15 is 0 Å². The molecule has 2 rings (SSSR count). The first-order valence-electron chi connectivity index (χ1n) is 5.64. The van der Waals surface area contributed by atoms with Gasteiger partial charge in [-0.15, -0.1) is 13.2 Å². The lowest BCUT2D eigenvalue weighted by molar-refractivity contribution is -0.274. The van der Waals surface area contributed by atoms with E-state index in [9.17, 15) is 13.2 Å². The number of hydrogen-bond donors (Lipinski definition) is 0. The van der Waals surface area contributed by atoms with Crippen LogP contribution in [0.4, 0.5) is 13.2 Å². The fourth-order valence-corrected chi connectivity index (χ4v) is 2.04. The van der Waals surface area contributed by atoms with Gasteiger partial charge in [0.05, 0.1) is 5.69 Å². The molecule has 0 amide bonds. The van der Waals surface area contributed by atoms with Gasteiger partial charge in [-0.1, -0.05) is 12.1 Å². The summed E-state index contributed by atoms with van der Waals surface area (Å²) in [5.41, 5.74) is 3.14. The van der Waals surface area contributed by atoms with Crippen LogP contribution in [0.1, 0.15) is 11.4 Å². The van der Waals surface area contributed by atoms with Crippen molar-refractivity contribution < 1.29 is 17.9 Å². The molecule has 6 heteroatoms. The predicted molar refractivity (Wildman–Crippen MR) is 64.8 cm³/mol. The second kappa shape index (κ2) is 4.60. The van der Waals surface area contributed by atoms with Crippen LogP contribution >= 0.6 is 0 Å². The molecule has 1 aromatic heterocycles. The van der Waals surface area contributed by atoms with Gasteiger partial charge in [0, 0.05) is 18.3 Å². The molecule has 0 aliphatic heterocycles. The van der Waals surface area contributed by atoms with Crippen molar-refractivity contribution in [3.63, 3.8) is 0 Å². The smallest absolute Gasteiger partial charge is 0.406 e. The molecule has 2 aromatic rings. The molecule has 0 spiro atoms. The lowest BCUT2D eigenvalue weighted by Crippen LogP contribution is -2.17. The highest BCUT2D eigenvalue weighted by molar-refractivity contribution is 5.69. The molecule has 0 saturated carbocycles. The molecule has 0 atom stereocenters. The van der Waals surface area contributed by atoms with E-state index in [0.29, 0.717) is 5.56 Å². The first kappa shape index (κ1) is 13.5. The van der Waals surface area contributed by atoms with Crippen molar-refractivity contribution in [1.29, 1.82) is 0 Å².